The summed E-state index contributed by atoms with van der Waals surface area (Å²) in [5.41, 5.74) is 1.38. The molecule has 0 atom stereocenters. The number of likely N-dealkylation sites (tertiary alicyclic amines) is 1. The molecule has 1 fully saturated rings. The molecule has 0 bridgehead atoms. The summed E-state index contributed by atoms with van der Waals surface area (Å²) in [5.74, 6) is -0.106. The summed E-state index contributed by atoms with van der Waals surface area (Å²) in [4.78, 5) is 14.9. The third-order valence-electron chi connectivity index (χ3n) is 5.28. The Labute approximate surface area is 183 Å². The highest BCUT2D eigenvalue weighted by atomic mass is 35.5. The average Bonchev–Trinajstić information content (AvgIpc) is 3.25. The predicted molar refractivity (Wildman–Crippen MR) is 119 cm³/mol. The van der Waals surface area contributed by atoms with Crippen molar-refractivity contribution in [2.45, 2.75) is 30.7 Å². The number of carbonyl (C=O) groups excluding carboxylic acids is 1. The predicted octanol–water partition coefficient (Wildman–Crippen LogP) is 3.38. The van der Waals surface area contributed by atoms with Crippen LogP contribution in [0.4, 0.5) is 0 Å². The van der Waals surface area contributed by atoms with Gasteiger partial charge < -0.3 is 10.2 Å². The molecule has 162 valence electrons. The lowest BCUT2D eigenvalue weighted by Gasteiger charge is -2.17. The maximum atomic E-state index is 12.7. The van der Waals surface area contributed by atoms with Crippen LogP contribution in [0.15, 0.2) is 53.4 Å². The molecule has 2 aromatic rings. The SMILES string of the molecule is CN(Cc1ccc(C(=O)NCCCN2CCCC2)cc1)S(=O)(=O)c1ccc(Cl)cc1. The molecule has 0 unspecified atom stereocenters. The van der Waals surface area contributed by atoms with Crippen molar-refractivity contribution in [1.82, 2.24) is 14.5 Å². The minimum atomic E-state index is -3.61. The van der Waals surface area contributed by atoms with E-state index in [4.69, 9.17) is 11.6 Å². The molecule has 1 N–H and O–H groups in total. The first-order chi connectivity index (χ1) is 14.4. The van der Waals surface area contributed by atoms with E-state index < -0.39 is 10.0 Å². The number of nitrogens with one attached hydrogen (secondary N) is 1. The van der Waals surface area contributed by atoms with Gasteiger partial charge in [-0.3, -0.25) is 4.79 Å². The van der Waals surface area contributed by atoms with Crippen molar-refractivity contribution < 1.29 is 13.2 Å². The number of hydrogen-bond donors (Lipinski definition) is 1. The van der Waals surface area contributed by atoms with Gasteiger partial charge in [0.05, 0.1) is 4.90 Å². The quantitative estimate of drug-likeness (QED) is 0.596. The molecule has 1 saturated heterocycles. The molecule has 0 aromatic heterocycles. The molecule has 1 aliphatic rings. The van der Waals surface area contributed by atoms with Crippen LogP contribution in [0.1, 0.15) is 35.2 Å². The van der Waals surface area contributed by atoms with Crippen molar-refractivity contribution in [3.63, 3.8) is 0 Å². The van der Waals surface area contributed by atoms with E-state index in [1.165, 1.54) is 36.3 Å². The summed E-state index contributed by atoms with van der Waals surface area (Å²) in [6, 6.07) is 13.1. The molecular weight excluding hydrogens is 422 g/mol. The lowest BCUT2D eigenvalue weighted by atomic mass is 10.1. The molecule has 30 heavy (non-hydrogen) atoms. The van der Waals surface area contributed by atoms with Gasteiger partial charge in [0.2, 0.25) is 10.0 Å². The summed E-state index contributed by atoms with van der Waals surface area (Å²) < 4.78 is 26.6. The first kappa shape index (κ1) is 22.7. The Bertz CT molecular complexity index is 941. The third kappa shape index (κ3) is 6.04. The van der Waals surface area contributed by atoms with Gasteiger partial charge in [0.15, 0.2) is 0 Å². The molecule has 0 spiro atoms. The lowest BCUT2D eigenvalue weighted by Crippen LogP contribution is -2.28. The molecule has 0 aliphatic carbocycles. The van der Waals surface area contributed by atoms with Crippen LogP contribution in [-0.2, 0) is 16.6 Å². The van der Waals surface area contributed by atoms with Gasteiger partial charge in [0, 0.05) is 30.7 Å². The summed E-state index contributed by atoms with van der Waals surface area (Å²) in [6.45, 7) is 4.21. The zero-order chi connectivity index (χ0) is 21.6. The van der Waals surface area contributed by atoms with E-state index in [1.807, 2.05) is 0 Å². The fourth-order valence-corrected chi connectivity index (χ4v) is 4.79. The second kappa shape index (κ2) is 10.4. The van der Waals surface area contributed by atoms with Gasteiger partial charge in [0.25, 0.3) is 5.91 Å². The second-order valence-corrected chi connectivity index (χ2v) is 10.1. The fourth-order valence-electron chi connectivity index (χ4n) is 3.50. The Balaban J connectivity index is 1.50. The van der Waals surface area contributed by atoms with Gasteiger partial charge in [-0.15, -0.1) is 0 Å². The van der Waals surface area contributed by atoms with Crippen molar-refractivity contribution in [2.75, 3.05) is 33.2 Å². The van der Waals surface area contributed by atoms with Gasteiger partial charge in [-0.1, -0.05) is 23.7 Å². The van der Waals surface area contributed by atoms with Crippen LogP contribution in [0.25, 0.3) is 0 Å². The van der Waals surface area contributed by atoms with Crippen molar-refractivity contribution in [2.24, 2.45) is 0 Å². The topological polar surface area (TPSA) is 69.7 Å². The minimum absolute atomic E-state index is 0.106. The Morgan fingerprint density at radius 2 is 1.70 bits per heavy atom. The van der Waals surface area contributed by atoms with Crippen molar-refractivity contribution in [1.29, 1.82) is 0 Å². The van der Waals surface area contributed by atoms with Crippen LogP contribution in [0.3, 0.4) is 0 Å². The van der Waals surface area contributed by atoms with Gasteiger partial charge in [-0.25, -0.2) is 8.42 Å². The molecule has 8 heteroatoms. The molecule has 1 amide bonds. The highest BCUT2D eigenvalue weighted by molar-refractivity contribution is 7.89. The molecular formula is C22H28ClN3O3S. The van der Waals surface area contributed by atoms with Gasteiger partial charge in [0.1, 0.15) is 0 Å². The Hall–Kier alpha value is -1.93. The second-order valence-electron chi connectivity index (χ2n) is 7.57. The maximum absolute atomic E-state index is 12.7. The number of carbonyl (C=O) groups is 1. The number of rotatable bonds is 9. The molecule has 0 saturated carbocycles. The Kier molecular flexibility index (Phi) is 7.88. The zero-order valence-corrected chi connectivity index (χ0v) is 18.8. The van der Waals surface area contributed by atoms with E-state index in [0.717, 1.165) is 31.6 Å². The van der Waals surface area contributed by atoms with E-state index in [9.17, 15) is 13.2 Å². The smallest absolute Gasteiger partial charge is 0.251 e. The number of nitrogens with zero attached hydrogens (tertiary/aromatic N) is 2. The number of sulfonamides is 1. The number of amides is 1. The number of hydrogen-bond acceptors (Lipinski definition) is 4. The Morgan fingerprint density at radius 1 is 1.07 bits per heavy atom. The summed E-state index contributed by atoms with van der Waals surface area (Å²) in [6.07, 6.45) is 3.49. The monoisotopic (exact) mass is 449 g/mol. The molecule has 3 rings (SSSR count). The molecule has 2 aromatic carbocycles. The largest absolute Gasteiger partial charge is 0.352 e. The molecule has 0 radical (unpaired) electrons. The third-order valence-corrected chi connectivity index (χ3v) is 7.35. The highest BCUT2D eigenvalue weighted by Gasteiger charge is 2.21. The van der Waals surface area contributed by atoms with Crippen LogP contribution in [0.2, 0.25) is 5.02 Å². The fraction of sp³-hybridized carbons (Fsp3) is 0.409. The van der Waals surface area contributed by atoms with E-state index in [0.29, 0.717) is 17.1 Å². The normalized spacial score (nSPS) is 14.9. The Morgan fingerprint density at radius 3 is 2.33 bits per heavy atom. The average molecular weight is 450 g/mol. The number of halogens is 1. The summed E-state index contributed by atoms with van der Waals surface area (Å²) >= 11 is 5.84. The summed E-state index contributed by atoms with van der Waals surface area (Å²) in [5, 5.41) is 3.44. The van der Waals surface area contributed by atoms with Crippen LogP contribution < -0.4 is 5.32 Å². The van der Waals surface area contributed by atoms with E-state index >= 15 is 0 Å². The standard InChI is InChI=1S/C22H28ClN3O3S/c1-25(30(28,29)21-11-9-20(23)10-12-21)17-18-5-7-19(8-6-18)22(27)24-13-4-16-26-14-2-3-15-26/h5-12H,2-4,13-17H2,1H3,(H,24,27). The first-order valence-corrected chi connectivity index (χ1v) is 12.0. The van der Waals surface area contributed by atoms with Crippen LogP contribution >= 0.6 is 11.6 Å². The lowest BCUT2D eigenvalue weighted by molar-refractivity contribution is 0.0952. The zero-order valence-electron chi connectivity index (χ0n) is 17.2. The van der Waals surface area contributed by atoms with Gasteiger partial charge in [-0.2, -0.15) is 4.31 Å². The van der Waals surface area contributed by atoms with Crippen LogP contribution in [0, 0.1) is 0 Å². The van der Waals surface area contributed by atoms with E-state index in [-0.39, 0.29) is 17.3 Å². The first-order valence-electron chi connectivity index (χ1n) is 10.2. The number of benzene rings is 2. The highest BCUT2D eigenvalue weighted by Crippen LogP contribution is 2.19. The molecule has 6 nitrogen and oxygen atoms in total. The van der Waals surface area contributed by atoms with Crippen LogP contribution in [0.5, 0.6) is 0 Å². The molecule has 1 heterocycles. The van der Waals surface area contributed by atoms with Crippen molar-refractivity contribution >= 4 is 27.5 Å². The maximum Gasteiger partial charge on any atom is 0.251 e. The van der Waals surface area contributed by atoms with Gasteiger partial charge >= 0.3 is 0 Å². The molecule has 1 aliphatic heterocycles. The summed E-state index contributed by atoms with van der Waals surface area (Å²) in [7, 11) is -2.08. The minimum Gasteiger partial charge on any atom is -0.352 e. The van der Waals surface area contributed by atoms with Crippen LogP contribution in [-0.4, -0.2) is 56.8 Å². The van der Waals surface area contributed by atoms with E-state index in [1.54, 1.807) is 36.4 Å². The van der Waals surface area contributed by atoms with E-state index in [2.05, 4.69) is 10.2 Å². The van der Waals surface area contributed by atoms with Gasteiger partial charge in [-0.05, 0) is 80.9 Å². The van der Waals surface area contributed by atoms with Crippen molar-refractivity contribution in [3.8, 4) is 0 Å². The van der Waals surface area contributed by atoms with Crippen molar-refractivity contribution in [3.05, 3.63) is 64.7 Å².